The summed E-state index contributed by atoms with van der Waals surface area (Å²) < 4.78 is 14.4. The lowest BCUT2D eigenvalue weighted by Crippen LogP contribution is -2.46. The second-order valence-corrected chi connectivity index (χ2v) is 14.3. The number of benzene rings is 1. The summed E-state index contributed by atoms with van der Waals surface area (Å²) in [6.45, 7) is 11.7. The van der Waals surface area contributed by atoms with Crippen molar-refractivity contribution in [3.05, 3.63) is 62.8 Å². The van der Waals surface area contributed by atoms with Gasteiger partial charge in [-0.05, 0) is 84.9 Å². The summed E-state index contributed by atoms with van der Waals surface area (Å²) in [6, 6.07) is 9.60. The van der Waals surface area contributed by atoms with Crippen molar-refractivity contribution in [2.24, 2.45) is 0 Å². The van der Waals surface area contributed by atoms with E-state index in [0.717, 1.165) is 53.1 Å². The maximum atomic E-state index is 13.6. The molecule has 2 aliphatic rings. The lowest BCUT2D eigenvalue weighted by atomic mass is 10.0. The molecule has 2 aliphatic heterocycles. The van der Waals surface area contributed by atoms with Gasteiger partial charge < -0.3 is 15.5 Å². The number of urea groups is 1. The Bertz CT molecular complexity index is 1480. The summed E-state index contributed by atoms with van der Waals surface area (Å²) in [4.78, 5) is 40.0. The van der Waals surface area contributed by atoms with Crippen molar-refractivity contribution in [1.82, 2.24) is 30.4 Å². The van der Waals surface area contributed by atoms with Crippen molar-refractivity contribution in [3.8, 4) is 10.6 Å². The van der Waals surface area contributed by atoms with Crippen LogP contribution >= 0.6 is 27.3 Å². The van der Waals surface area contributed by atoms with Crippen LogP contribution in [-0.2, 0) is 17.6 Å². The van der Waals surface area contributed by atoms with Gasteiger partial charge in [-0.2, -0.15) is 0 Å². The number of amides is 3. The van der Waals surface area contributed by atoms with Crippen molar-refractivity contribution >= 4 is 45.2 Å². The van der Waals surface area contributed by atoms with E-state index in [4.69, 9.17) is 4.98 Å². The highest BCUT2D eigenvalue weighted by atomic mass is 79.9. The molecule has 3 N–H and O–H groups in total. The number of anilines is 1. The molecule has 4 heterocycles. The molecule has 9 nitrogen and oxygen atoms in total. The predicted octanol–water partition coefficient (Wildman–Crippen LogP) is 5.44. The van der Waals surface area contributed by atoms with Gasteiger partial charge in [0.15, 0.2) is 0 Å². The van der Waals surface area contributed by atoms with Crippen LogP contribution in [0.5, 0.6) is 0 Å². The van der Waals surface area contributed by atoms with Gasteiger partial charge in [-0.15, -0.1) is 11.3 Å². The summed E-state index contributed by atoms with van der Waals surface area (Å²) in [6.07, 6.45) is 5.82. The number of thiophene rings is 1. The van der Waals surface area contributed by atoms with E-state index in [9.17, 15) is 14.0 Å². The van der Waals surface area contributed by atoms with E-state index in [-0.39, 0.29) is 11.7 Å². The first-order valence-corrected chi connectivity index (χ1v) is 16.9. The number of halogens is 2. The number of hydrogen-bond donors (Lipinski definition) is 3. The Balaban J connectivity index is 1.33. The van der Waals surface area contributed by atoms with Gasteiger partial charge >= 0.3 is 6.03 Å². The molecule has 0 radical (unpaired) electrons. The number of carbonyl (C=O) groups excluding carboxylic acids is 2. The third-order valence-corrected chi connectivity index (χ3v) is 10.2. The molecule has 2 fully saturated rings. The summed E-state index contributed by atoms with van der Waals surface area (Å²) in [7, 11) is 0. The number of imide groups is 1. The van der Waals surface area contributed by atoms with Crippen molar-refractivity contribution in [2.45, 2.75) is 71.0 Å². The predicted molar refractivity (Wildman–Crippen MR) is 177 cm³/mol. The second-order valence-electron chi connectivity index (χ2n) is 12.3. The van der Waals surface area contributed by atoms with Gasteiger partial charge in [0.1, 0.15) is 11.4 Å². The average molecular weight is 687 g/mol. The van der Waals surface area contributed by atoms with Crippen LogP contribution in [0, 0.1) is 5.82 Å². The first-order chi connectivity index (χ1) is 21.0. The normalized spacial score (nSPS) is 18.4. The van der Waals surface area contributed by atoms with Gasteiger partial charge in [-0.25, -0.2) is 19.2 Å². The van der Waals surface area contributed by atoms with Crippen LogP contribution < -0.4 is 16.0 Å². The van der Waals surface area contributed by atoms with Crippen LogP contribution in [0.2, 0.25) is 0 Å². The summed E-state index contributed by atoms with van der Waals surface area (Å²) in [5.41, 5.74) is 2.23. The van der Waals surface area contributed by atoms with Crippen LogP contribution in [0.3, 0.4) is 0 Å². The van der Waals surface area contributed by atoms with Gasteiger partial charge in [0.05, 0.1) is 15.0 Å². The number of rotatable bonds is 13. The molecule has 2 aromatic heterocycles. The molecule has 5 rings (SSSR count). The topological polar surface area (TPSA) is 102 Å². The van der Waals surface area contributed by atoms with E-state index in [1.807, 2.05) is 12.1 Å². The third-order valence-electron chi connectivity index (χ3n) is 8.40. The van der Waals surface area contributed by atoms with Crippen molar-refractivity contribution in [2.75, 3.05) is 38.0 Å². The Morgan fingerprint density at radius 1 is 1.20 bits per heavy atom. The number of likely N-dealkylation sites (tertiary alicyclic amines) is 1. The van der Waals surface area contributed by atoms with Gasteiger partial charge in [-0.1, -0.05) is 26.0 Å². The van der Waals surface area contributed by atoms with E-state index >= 15 is 0 Å². The Labute approximate surface area is 271 Å². The van der Waals surface area contributed by atoms with Crippen LogP contribution in [0.1, 0.15) is 56.5 Å². The first-order valence-electron chi connectivity index (χ1n) is 15.2. The highest BCUT2D eigenvalue weighted by Gasteiger charge is 2.45. The first kappa shape index (κ1) is 32.5. The maximum Gasteiger partial charge on any atom is 0.325 e. The Morgan fingerprint density at radius 3 is 2.68 bits per heavy atom. The van der Waals surface area contributed by atoms with Gasteiger partial charge in [0.25, 0.3) is 5.91 Å². The zero-order valence-electron chi connectivity index (χ0n) is 25.8. The molecule has 0 spiro atoms. The Hall–Kier alpha value is -2.93. The molecular formula is C32H41BrFN7O2S. The standard InChI is InChI=1S/C32H41BrFN7O2S/c1-20(2)36-18-24-6-5-13-40(24)14-11-22-17-27(44-26(22)16-21-7-9-23(34)10-8-21)28-25(33)19-37-30(38-28)35-12-15-41-31(43)39-29(42)32(41,3)4/h7-10,17,19-20,24,36H,5-6,11-16,18H2,1-4H3,(H,35,37,38)(H,39,42,43). The van der Waals surface area contributed by atoms with Crippen LogP contribution in [0.25, 0.3) is 10.6 Å². The summed E-state index contributed by atoms with van der Waals surface area (Å²) >= 11 is 5.36. The Morgan fingerprint density at radius 2 is 1.98 bits per heavy atom. The molecule has 236 valence electrons. The number of carbonyl (C=O) groups is 2. The quantitative estimate of drug-likeness (QED) is 0.206. The molecule has 0 bridgehead atoms. The summed E-state index contributed by atoms with van der Waals surface area (Å²) in [5.74, 6) is -0.0944. The fraction of sp³-hybridized carbons (Fsp3) is 0.500. The molecule has 3 amide bonds. The zero-order valence-corrected chi connectivity index (χ0v) is 28.2. The molecule has 12 heteroatoms. The average Bonchev–Trinajstić information content (AvgIpc) is 3.65. The third kappa shape index (κ3) is 7.64. The molecule has 3 aromatic rings. The molecular weight excluding hydrogens is 645 g/mol. The van der Waals surface area contributed by atoms with Gasteiger partial charge in [0, 0.05) is 55.8 Å². The molecule has 0 aliphatic carbocycles. The van der Waals surface area contributed by atoms with Gasteiger partial charge in [0.2, 0.25) is 5.95 Å². The van der Waals surface area contributed by atoms with Gasteiger partial charge in [-0.3, -0.25) is 15.0 Å². The van der Waals surface area contributed by atoms with Crippen molar-refractivity contribution < 1.29 is 14.0 Å². The molecule has 1 atom stereocenters. The number of nitrogens with one attached hydrogen (secondary N) is 3. The largest absolute Gasteiger partial charge is 0.352 e. The highest BCUT2D eigenvalue weighted by molar-refractivity contribution is 9.10. The Kier molecular flexibility index (Phi) is 10.3. The minimum absolute atomic E-state index is 0.235. The highest BCUT2D eigenvalue weighted by Crippen LogP contribution is 2.36. The van der Waals surface area contributed by atoms with Crippen LogP contribution in [0.15, 0.2) is 41.0 Å². The fourth-order valence-electron chi connectivity index (χ4n) is 5.77. The van der Waals surface area contributed by atoms with Crippen molar-refractivity contribution in [1.29, 1.82) is 0 Å². The van der Waals surface area contributed by atoms with Crippen molar-refractivity contribution in [3.63, 3.8) is 0 Å². The molecule has 0 saturated carbocycles. The zero-order chi connectivity index (χ0) is 31.4. The lowest BCUT2D eigenvalue weighted by molar-refractivity contribution is -0.125. The van der Waals surface area contributed by atoms with E-state index in [1.54, 1.807) is 31.4 Å². The monoisotopic (exact) mass is 685 g/mol. The van der Waals surface area contributed by atoms with E-state index in [1.165, 1.54) is 40.3 Å². The fourth-order valence-corrected chi connectivity index (χ4v) is 7.55. The molecule has 2 saturated heterocycles. The van der Waals surface area contributed by atoms with E-state index < -0.39 is 11.6 Å². The molecule has 1 unspecified atom stereocenters. The SMILES string of the molecule is CC(C)NCC1CCCN1CCc1cc(-c2nc(NCCN3C(=O)NC(=O)C3(C)C)ncc2Br)sc1Cc1ccc(F)cc1. The maximum absolute atomic E-state index is 13.6. The van der Waals surface area contributed by atoms with E-state index in [0.29, 0.717) is 31.1 Å². The summed E-state index contributed by atoms with van der Waals surface area (Å²) in [5, 5.41) is 9.19. The molecule has 44 heavy (non-hydrogen) atoms. The van der Waals surface area contributed by atoms with Crippen LogP contribution in [-0.4, -0.2) is 82.1 Å². The number of aromatic nitrogens is 2. The lowest BCUT2D eigenvalue weighted by Gasteiger charge is -2.27. The smallest absolute Gasteiger partial charge is 0.325 e. The minimum Gasteiger partial charge on any atom is -0.352 e. The van der Waals surface area contributed by atoms with E-state index in [2.05, 4.69) is 61.7 Å². The second kappa shape index (κ2) is 14.0. The number of nitrogens with zero attached hydrogens (tertiary/aromatic N) is 4. The number of hydrogen-bond acceptors (Lipinski definition) is 8. The van der Waals surface area contributed by atoms with Crippen LogP contribution in [0.4, 0.5) is 15.1 Å². The minimum atomic E-state index is -0.904. The molecule has 1 aromatic carbocycles.